The Hall–Kier alpha value is -1.66. The molecule has 2 heteroatoms. The Kier molecular flexibility index (Phi) is 4.67. The molecule has 0 saturated heterocycles. The molecule has 2 aliphatic rings. The molecule has 0 radical (unpaired) electrons. The number of benzene rings is 2. The van der Waals surface area contributed by atoms with Gasteiger partial charge in [-0.25, -0.2) is 0 Å². The number of hydrogen-bond donors (Lipinski definition) is 1. The Bertz CT molecular complexity index is 883. The van der Waals surface area contributed by atoms with Crippen molar-refractivity contribution < 1.29 is 24.7 Å². The van der Waals surface area contributed by atoms with Crippen LogP contribution in [0.3, 0.4) is 0 Å². The van der Waals surface area contributed by atoms with E-state index in [-0.39, 0.29) is 0 Å². The number of hydrogen-bond acceptors (Lipinski definition) is 0. The molecule has 3 aromatic rings. The van der Waals surface area contributed by atoms with Gasteiger partial charge in [0.25, 0.3) is 0 Å². The van der Waals surface area contributed by atoms with Gasteiger partial charge in [-0.15, -0.1) is 0 Å². The Morgan fingerprint density at radius 3 is 2.67 bits per heavy atom. The average molecular weight is 390 g/mol. The number of aromatic nitrogens is 1. The van der Waals surface area contributed by atoms with Gasteiger partial charge >= 0.3 is 74.3 Å². The summed E-state index contributed by atoms with van der Waals surface area (Å²) in [6, 6.07) is 19.4. The van der Waals surface area contributed by atoms with Crippen LogP contribution in [0.1, 0.15) is 29.9 Å². The zero-order valence-corrected chi connectivity index (χ0v) is 16.1. The van der Waals surface area contributed by atoms with Crippen molar-refractivity contribution in [3.05, 3.63) is 89.5 Å². The van der Waals surface area contributed by atoms with E-state index in [1.54, 1.807) is 16.7 Å². The van der Waals surface area contributed by atoms with Crippen LogP contribution < -0.4 is 3.40 Å². The third-order valence-corrected chi connectivity index (χ3v) is 5.57. The van der Waals surface area contributed by atoms with Crippen LogP contribution in [-0.4, -0.2) is 4.98 Å². The number of aromatic amines is 1. The molecule has 0 spiro atoms. The van der Waals surface area contributed by atoms with Crippen LogP contribution in [0, 0.1) is 0 Å². The third-order valence-electron chi connectivity index (χ3n) is 4.91. The predicted octanol–water partition coefficient (Wildman–Crippen LogP) is 4.94. The average Bonchev–Trinajstić information content (AvgIpc) is 3.33. The fourth-order valence-corrected chi connectivity index (χ4v) is 4.45. The molecular weight excluding hydrogens is 369 g/mol. The summed E-state index contributed by atoms with van der Waals surface area (Å²) in [6.07, 6.45) is 10.5. The maximum absolute atomic E-state index is 3.30. The summed E-state index contributed by atoms with van der Waals surface area (Å²) in [7, 11) is 0. The molecule has 1 heterocycles. The van der Waals surface area contributed by atoms with Crippen LogP contribution in [0.2, 0.25) is 0 Å². The van der Waals surface area contributed by atoms with Crippen molar-refractivity contribution in [1.82, 2.24) is 4.98 Å². The Balaban J connectivity index is 0.000000129. The summed E-state index contributed by atoms with van der Waals surface area (Å²) >= 11 is 1.45. The SMILES string of the molecule is C1=CCC(C2CCc3ccccc32)=C1.[Zr][c]1cc2ccccc2[nH]1. The van der Waals surface area contributed by atoms with E-state index in [0.717, 1.165) is 0 Å². The van der Waals surface area contributed by atoms with E-state index in [1.165, 1.54) is 58.3 Å². The van der Waals surface area contributed by atoms with Crippen molar-refractivity contribution in [1.29, 1.82) is 0 Å². The summed E-state index contributed by atoms with van der Waals surface area (Å²) in [4.78, 5) is 3.30. The van der Waals surface area contributed by atoms with Crippen LogP contribution in [0.4, 0.5) is 0 Å². The van der Waals surface area contributed by atoms with Gasteiger partial charge in [0.1, 0.15) is 0 Å². The number of para-hydroxylation sites is 1. The molecule has 117 valence electrons. The van der Waals surface area contributed by atoms with E-state index in [0.29, 0.717) is 5.92 Å². The zero-order valence-electron chi connectivity index (χ0n) is 13.6. The molecule has 0 amide bonds. The molecular formula is C22H20NZr. The van der Waals surface area contributed by atoms with E-state index in [4.69, 9.17) is 0 Å². The normalized spacial score (nSPS) is 18.1. The van der Waals surface area contributed by atoms with Crippen LogP contribution in [-0.2, 0) is 31.1 Å². The Morgan fingerprint density at radius 1 is 1.00 bits per heavy atom. The van der Waals surface area contributed by atoms with Crippen LogP contribution in [0.25, 0.3) is 10.9 Å². The molecule has 1 unspecified atom stereocenters. The molecule has 2 aliphatic carbocycles. The molecule has 24 heavy (non-hydrogen) atoms. The van der Waals surface area contributed by atoms with Crippen molar-refractivity contribution >= 4 is 14.3 Å². The summed E-state index contributed by atoms with van der Waals surface area (Å²) in [6.45, 7) is 0. The van der Waals surface area contributed by atoms with Gasteiger partial charge in [-0.2, -0.15) is 0 Å². The summed E-state index contributed by atoms with van der Waals surface area (Å²) in [5, 5.41) is 1.31. The van der Waals surface area contributed by atoms with Gasteiger partial charge in [-0.3, -0.25) is 0 Å². The molecule has 1 atom stereocenters. The second kappa shape index (κ2) is 7.07. The second-order valence-corrected chi connectivity index (χ2v) is 7.76. The molecule has 1 aromatic heterocycles. The Labute approximate surface area is 158 Å². The van der Waals surface area contributed by atoms with Gasteiger partial charge in [0.2, 0.25) is 0 Å². The minimum absolute atomic E-state index is 0.709. The van der Waals surface area contributed by atoms with E-state index in [9.17, 15) is 0 Å². The monoisotopic (exact) mass is 388 g/mol. The first-order valence-corrected chi connectivity index (χ1v) is 9.77. The fourth-order valence-electron chi connectivity index (χ4n) is 3.74. The summed E-state index contributed by atoms with van der Waals surface area (Å²) in [5.74, 6) is 0.709. The van der Waals surface area contributed by atoms with Crippen molar-refractivity contribution in [2.24, 2.45) is 0 Å². The van der Waals surface area contributed by atoms with Crippen molar-refractivity contribution in [3.8, 4) is 0 Å². The molecule has 0 aliphatic heterocycles. The molecule has 2 aromatic carbocycles. The van der Waals surface area contributed by atoms with E-state index < -0.39 is 0 Å². The number of H-pyrrole nitrogens is 1. The van der Waals surface area contributed by atoms with Gasteiger partial charge in [0, 0.05) is 5.92 Å². The topological polar surface area (TPSA) is 15.8 Å². The first-order chi connectivity index (χ1) is 11.8. The number of fused-ring (bicyclic) bond motifs is 2. The van der Waals surface area contributed by atoms with Crippen molar-refractivity contribution in [2.75, 3.05) is 0 Å². The maximum atomic E-state index is 3.30. The van der Waals surface area contributed by atoms with Gasteiger partial charge < -0.3 is 0 Å². The quantitative estimate of drug-likeness (QED) is 0.606. The number of allylic oxidation sites excluding steroid dienone is 4. The molecule has 1 N–H and O–H groups in total. The molecule has 0 bridgehead atoms. The van der Waals surface area contributed by atoms with Gasteiger partial charge in [-0.05, 0) is 30.4 Å². The van der Waals surface area contributed by atoms with Crippen LogP contribution in [0.15, 0.2) is 78.4 Å². The standard InChI is InChI=1S/C14H14.C8H6N.Zr/c1-2-6-11(5-1)14-10-9-12-7-3-4-8-13(12)14;1-2-4-8-7(3-1)5-6-9-8;/h1-5,7-8,14H,6,9-10H2;1-5,9H;. The van der Waals surface area contributed by atoms with E-state index in [1.807, 2.05) is 6.07 Å². The molecule has 0 saturated carbocycles. The first kappa shape index (κ1) is 15.8. The summed E-state index contributed by atoms with van der Waals surface area (Å²) in [5.41, 5.74) is 5.98. The first-order valence-electron chi connectivity index (χ1n) is 8.54. The van der Waals surface area contributed by atoms with Crippen LogP contribution in [0.5, 0.6) is 0 Å². The van der Waals surface area contributed by atoms with Crippen molar-refractivity contribution in [2.45, 2.75) is 25.2 Å². The number of aryl methyl sites for hydroxylation is 1. The summed E-state index contributed by atoms with van der Waals surface area (Å²) < 4.78 is 1.31. The van der Waals surface area contributed by atoms with Crippen LogP contribution >= 0.6 is 0 Å². The Morgan fingerprint density at radius 2 is 1.83 bits per heavy atom. The van der Waals surface area contributed by atoms with E-state index in [2.05, 4.69) is 71.7 Å². The van der Waals surface area contributed by atoms with Gasteiger partial charge in [0.15, 0.2) is 0 Å². The van der Waals surface area contributed by atoms with E-state index >= 15 is 0 Å². The minimum atomic E-state index is 0.709. The molecule has 1 nitrogen and oxygen atoms in total. The second-order valence-electron chi connectivity index (χ2n) is 6.43. The predicted molar refractivity (Wildman–Crippen MR) is 97.3 cm³/mol. The molecule has 5 rings (SSSR count). The third kappa shape index (κ3) is 3.26. The van der Waals surface area contributed by atoms with Gasteiger partial charge in [-0.1, -0.05) is 48.1 Å². The van der Waals surface area contributed by atoms with Crippen molar-refractivity contribution in [3.63, 3.8) is 0 Å². The fraction of sp³-hybridized carbons (Fsp3) is 0.182. The number of rotatable bonds is 1. The zero-order chi connectivity index (χ0) is 16.4. The molecule has 0 fully saturated rings. The van der Waals surface area contributed by atoms with Gasteiger partial charge in [0.05, 0.1) is 0 Å². The number of nitrogens with one attached hydrogen (secondary N) is 1.